The number of hydrogen-bond acceptors (Lipinski definition) is 5. The molecule has 0 unspecified atom stereocenters. The van der Waals surface area contributed by atoms with Gasteiger partial charge in [0, 0.05) is 26.0 Å². The van der Waals surface area contributed by atoms with E-state index < -0.39 is 0 Å². The molecule has 1 aromatic rings. The maximum Gasteiger partial charge on any atom is 0.185 e. The second kappa shape index (κ2) is 5.42. The monoisotopic (exact) mass is 259 g/mol. The molecule has 0 N–H and O–H groups in total. The Hall–Kier alpha value is -0.200. The van der Waals surface area contributed by atoms with Gasteiger partial charge in [0.2, 0.25) is 0 Å². The van der Waals surface area contributed by atoms with Gasteiger partial charge in [-0.25, -0.2) is 9.67 Å². The molecule has 1 aliphatic rings. The van der Waals surface area contributed by atoms with Crippen molar-refractivity contribution < 1.29 is 4.74 Å². The lowest BCUT2D eigenvalue weighted by Crippen LogP contribution is -2.33. The van der Waals surface area contributed by atoms with Crippen molar-refractivity contribution >= 4 is 24.4 Å². The Morgan fingerprint density at radius 2 is 2.31 bits per heavy atom. The van der Waals surface area contributed by atoms with Crippen molar-refractivity contribution in [2.45, 2.75) is 18.0 Å². The predicted octanol–water partition coefficient (Wildman–Crippen LogP) is 1.63. The highest BCUT2D eigenvalue weighted by atomic mass is 32.2. The van der Waals surface area contributed by atoms with Gasteiger partial charge in [-0.2, -0.15) is 17.7 Å². The van der Waals surface area contributed by atoms with E-state index in [1.807, 2.05) is 11.7 Å². The van der Waals surface area contributed by atoms with Gasteiger partial charge < -0.3 is 4.74 Å². The Kier molecular flexibility index (Phi) is 4.16. The van der Waals surface area contributed by atoms with Gasteiger partial charge in [-0.15, -0.1) is 0 Å². The summed E-state index contributed by atoms with van der Waals surface area (Å²) >= 11 is 6.26. The third-order valence-electron chi connectivity index (χ3n) is 3.07. The number of thiol groups is 1. The fourth-order valence-corrected chi connectivity index (χ4v) is 3.55. The predicted molar refractivity (Wildman–Crippen MR) is 68.1 cm³/mol. The van der Waals surface area contributed by atoms with E-state index in [1.165, 1.54) is 0 Å². The Morgan fingerprint density at radius 1 is 1.56 bits per heavy atom. The Labute approximate surface area is 106 Å². The van der Waals surface area contributed by atoms with Crippen LogP contribution in [0.4, 0.5) is 0 Å². The Bertz CT molecular complexity index is 337. The minimum Gasteiger partial charge on any atom is -0.381 e. The van der Waals surface area contributed by atoms with Gasteiger partial charge in [-0.1, -0.05) is 11.8 Å². The standard InChI is InChI=1S/C10H17N3OS2/c1-13-9(11-8-12-13)16-7-10(6-15)2-4-14-5-3-10/h8,15H,2-7H2,1H3. The average Bonchev–Trinajstić information content (AvgIpc) is 2.74. The number of thioether (sulfide) groups is 1. The summed E-state index contributed by atoms with van der Waals surface area (Å²) in [6.45, 7) is 1.72. The maximum absolute atomic E-state index is 5.41. The SMILES string of the molecule is Cn1ncnc1SCC1(CS)CCOCC1. The largest absolute Gasteiger partial charge is 0.381 e. The number of aryl methyl sites for hydroxylation is 1. The summed E-state index contributed by atoms with van der Waals surface area (Å²) in [6.07, 6.45) is 3.79. The summed E-state index contributed by atoms with van der Waals surface area (Å²) < 4.78 is 7.23. The topological polar surface area (TPSA) is 39.9 Å². The zero-order chi connectivity index (χ0) is 11.4. The van der Waals surface area contributed by atoms with Crippen LogP contribution in [-0.2, 0) is 11.8 Å². The third-order valence-corrected chi connectivity index (χ3v) is 5.12. The van der Waals surface area contributed by atoms with Crippen molar-refractivity contribution in [1.29, 1.82) is 0 Å². The van der Waals surface area contributed by atoms with Crippen LogP contribution in [-0.4, -0.2) is 39.5 Å². The smallest absolute Gasteiger partial charge is 0.185 e. The number of aromatic nitrogens is 3. The highest BCUT2D eigenvalue weighted by Crippen LogP contribution is 2.36. The molecule has 1 saturated heterocycles. The first-order valence-electron chi connectivity index (χ1n) is 5.41. The van der Waals surface area contributed by atoms with Crippen molar-refractivity contribution in [2.75, 3.05) is 24.7 Å². The average molecular weight is 259 g/mol. The van der Waals surface area contributed by atoms with E-state index in [9.17, 15) is 0 Å². The van der Waals surface area contributed by atoms with Crippen molar-refractivity contribution in [3.63, 3.8) is 0 Å². The van der Waals surface area contributed by atoms with Crippen molar-refractivity contribution in [3.8, 4) is 0 Å². The van der Waals surface area contributed by atoms with Crippen LogP contribution in [0.1, 0.15) is 12.8 Å². The molecule has 0 spiro atoms. The molecule has 4 nitrogen and oxygen atoms in total. The van der Waals surface area contributed by atoms with Crippen LogP contribution in [0, 0.1) is 5.41 Å². The minimum absolute atomic E-state index is 0.304. The lowest BCUT2D eigenvalue weighted by atomic mass is 9.84. The lowest BCUT2D eigenvalue weighted by molar-refractivity contribution is 0.0370. The third kappa shape index (κ3) is 2.73. The van der Waals surface area contributed by atoms with Crippen molar-refractivity contribution in [3.05, 3.63) is 6.33 Å². The number of rotatable bonds is 4. The molecule has 0 amide bonds. The second-order valence-corrected chi connectivity index (χ2v) is 5.48. The zero-order valence-corrected chi connectivity index (χ0v) is 11.1. The molecule has 1 fully saturated rings. The highest BCUT2D eigenvalue weighted by molar-refractivity contribution is 7.99. The first kappa shape index (κ1) is 12.3. The Morgan fingerprint density at radius 3 is 2.88 bits per heavy atom. The highest BCUT2D eigenvalue weighted by Gasteiger charge is 2.31. The van der Waals surface area contributed by atoms with E-state index in [-0.39, 0.29) is 0 Å². The van der Waals surface area contributed by atoms with Gasteiger partial charge in [0.05, 0.1) is 0 Å². The number of nitrogens with zero attached hydrogens (tertiary/aromatic N) is 3. The lowest BCUT2D eigenvalue weighted by Gasteiger charge is -2.35. The van der Waals surface area contributed by atoms with Crippen molar-refractivity contribution in [1.82, 2.24) is 14.8 Å². The van der Waals surface area contributed by atoms with E-state index >= 15 is 0 Å². The van der Waals surface area contributed by atoms with E-state index in [0.717, 1.165) is 42.7 Å². The second-order valence-electron chi connectivity index (χ2n) is 4.23. The van der Waals surface area contributed by atoms with Crippen LogP contribution in [0.3, 0.4) is 0 Å². The maximum atomic E-state index is 5.41. The fraction of sp³-hybridized carbons (Fsp3) is 0.800. The van der Waals surface area contributed by atoms with Crippen LogP contribution >= 0.6 is 24.4 Å². The molecular weight excluding hydrogens is 242 g/mol. The first-order chi connectivity index (χ1) is 7.76. The summed E-state index contributed by atoms with van der Waals surface area (Å²) in [5.74, 6) is 1.97. The normalized spacial score (nSPS) is 19.9. The van der Waals surface area contributed by atoms with E-state index in [2.05, 4.69) is 22.7 Å². The zero-order valence-electron chi connectivity index (χ0n) is 9.43. The fourth-order valence-electron chi connectivity index (χ4n) is 1.79. The van der Waals surface area contributed by atoms with Crippen molar-refractivity contribution in [2.24, 2.45) is 12.5 Å². The van der Waals surface area contributed by atoms with Gasteiger partial charge in [0.1, 0.15) is 6.33 Å². The van der Waals surface area contributed by atoms with Gasteiger partial charge in [-0.05, 0) is 24.0 Å². The molecule has 16 heavy (non-hydrogen) atoms. The van der Waals surface area contributed by atoms with E-state index in [0.29, 0.717) is 5.41 Å². The molecule has 2 rings (SSSR count). The van der Waals surface area contributed by atoms with Gasteiger partial charge in [-0.3, -0.25) is 0 Å². The van der Waals surface area contributed by atoms with Crippen LogP contribution in [0.15, 0.2) is 11.5 Å². The molecule has 0 bridgehead atoms. The number of ether oxygens (including phenoxy) is 1. The molecule has 0 atom stereocenters. The summed E-state index contributed by atoms with van der Waals surface area (Å²) in [5.41, 5.74) is 0.304. The molecule has 2 heterocycles. The summed E-state index contributed by atoms with van der Waals surface area (Å²) in [7, 11) is 1.92. The van der Waals surface area contributed by atoms with E-state index in [4.69, 9.17) is 4.74 Å². The molecule has 0 radical (unpaired) electrons. The molecule has 0 aliphatic carbocycles. The van der Waals surface area contributed by atoms with Crippen LogP contribution in [0.5, 0.6) is 0 Å². The Balaban J connectivity index is 1.94. The molecule has 90 valence electrons. The van der Waals surface area contributed by atoms with Gasteiger partial charge in [0.15, 0.2) is 5.16 Å². The van der Waals surface area contributed by atoms with Crippen LogP contribution in [0.2, 0.25) is 0 Å². The molecule has 0 saturated carbocycles. The summed E-state index contributed by atoms with van der Waals surface area (Å²) in [6, 6.07) is 0. The molecule has 1 aliphatic heterocycles. The van der Waals surface area contributed by atoms with Gasteiger partial charge >= 0.3 is 0 Å². The van der Waals surface area contributed by atoms with Gasteiger partial charge in [0.25, 0.3) is 0 Å². The first-order valence-corrected chi connectivity index (χ1v) is 7.03. The van der Waals surface area contributed by atoms with E-state index in [1.54, 1.807) is 18.1 Å². The van der Waals surface area contributed by atoms with Crippen LogP contribution < -0.4 is 0 Å². The molecule has 1 aromatic heterocycles. The molecular formula is C10H17N3OS2. The summed E-state index contributed by atoms with van der Waals surface area (Å²) in [4.78, 5) is 4.22. The minimum atomic E-state index is 0.304. The van der Waals surface area contributed by atoms with Crippen LogP contribution in [0.25, 0.3) is 0 Å². The summed E-state index contributed by atoms with van der Waals surface area (Å²) in [5, 5.41) is 5.05. The quantitative estimate of drug-likeness (QED) is 0.659. The molecule has 6 heteroatoms. The molecule has 0 aromatic carbocycles. The number of hydrogen-bond donors (Lipinski definition) is 1.